The lowest BCUT2D eigenvalue weighted by Gasteiger charge is -2.37. The van der Waals surface area contributed by atoms with Gasteiger partial charge in [0.05, 0.1) is 11.3 Å². The second kappa shape index (κ2) is 9.60. The molecule has 1 atom stereocenters. The van der Waals surface area contributed by atoms with E-state index in [-0.39, 0.29) is 15.7 Å². The van der Waals surface area contributed by atoms with E-state index in [1.165, 1.54) is 12.1 Å². The maximum atomic E-state index is 13.0. The van der Waals surface area contributed by atoms with Crippen molar-refractivity contribution in [3.8, 4) is 0 Å². The molecule has 0 radical (unpaired) electrons. The number of carbonyl (C=O) groups excluding carboxylic acids is 1. The molecule has 170 valence electrons. The smallest absolute Gasteiger partial charge is 0.335 e. The van der Waals surface area contributed by atoms with Crippen LogP contribution < -0.4 is 4.47 Å². The highest BCUT2D eigenvalue weighted by Crippen LogP contribution is 2.39. The van der Waals surface area contributed by atoms with Crippen LogP contribution in [-0.4, -0.2) is 25.3 Å². The van der Waals surface area contributed by atoms with Crippen molar-refractivity contribution in [2.45, 2.75) is 24.9 Å². The van der Waals surface area contributed by atoms with Crippen molar-refractivity contribution in [3.63, 3.8) is 0 Å². The van der Waals surface area contributed by atoms with Crippen molar-refractivity contribution in [3.05, 3.63) is 114 Å². The maximum Gasteiger partial charge on any atom is 0.335 e. The predicted octanol–water partition coefficient (Wildman–Crippen LogP) is 4.61. The summed E-state index contributed by atoms with van der Waals surface area (Å²) in [4.78, 5) is 13.0. The van der Waals surface area contributed by atoms with E-state index in [0.29, 0.717) is 19.3 Å². The first-order valence-corrected chi connectivity index (χ1v) is 12.3. The Balaban J connectivity index is 1.57. The van der Waals surface area contributed by atoms with E-state index >= 15 is 0 Å². The number of aryl methyl sites for hydroxylation is 1. The van der Waals surface area contributed by atoms with Crippen LogP contribution in [0.3, 0.4) is 0 Å². The normalized spacial score (nSPS) is 18.3. The fraction of sp³-hybridized carbons (Fsp3) is 0.192. The van der Waals surface area contributed by atoms with Crippen LogP contribution in [-0.2, 0) is 31.6 Å². The number of sulfonamides is 1. The number of nitrogens with zero attached hydrogens (tertiary/aromatic N) is 1. The molecule has 3 aromatic carbocycles. The summed E-state index contributed by atoms with van der Waals surface area (Å²) >= 11 is 0. The van der Waals surface area contributed by atoms with E-state index in [2.05, 4.69) is 0 Å². The molecule has 0 amide bonds. The molecule has 0 spiro atoms. The van der Waals surface area contributed by atoms with Gasteiger partial charge in [-0.15, -0.1) is 4.47 Å². The Morgan fingerprint density at radius 2 is 1.45 bits per heavy atom. The Hall–Kier alpha value is -3.42. The van der Waals surface area contributed by atoms with Crippen LogP contribution >= 0.6 is 0 Å². The number of hydrogen-bond donors (Lipinski definition) is 1. The van der Waals surface area contributed by atoms with Gasteiger partial charge in [-0.1, -0.05) is 84.9 Å². The minimum Gasteiger partial charge on any atom is -0.450 e. The Morgan fingerprint density at radius 1 is 0.879 bits per heavy atom. The van der Waals surface area contributed by atoms with Gasteiger partial charge in [-0.05, 0) is 36.1 Å². The SMILES string of the molecule is O=C1OC(CCc2ccccc2)(c2ccccc2)CC=C1CS(=O)(=O)N(O)c1ccccc1. The van der Waals surface area contributed by atoms with E-state index in [9.17, 15) is 18.4 Å². The second-order valence-corrected chi connectivity index (χ2v) is 9.80. The van der Waals surface area contributed by atoms with Crippen molar-refractivity contribution in [2.24, 2.45) is 0 Å². The van der Waals surface area contributed by atoms with Crippen molar-refractivity contribution in [1.29, 1.82) is 0 Å². The zero-order valence-corrected chi connectivity index (χ0v) is 18.8. The molecule has 4 rings (SSSR count). The minimum absolute atomic E-state index is 0.0104. The lowest BCUT2D eigenvalue weighted by Crippen LogP contribution is -2.39. The summed E-state index contributed by atoms with van der Waals surface area (Å²) in [5.74, 6) is -1.34. The molecule has 0 aromatic heterocycles. The largest absolute Gasteiger partial charge is 0.450 e. The summed E-state index contributed by atoms with van der Waals surface area (Å²) in [7, 11) is -4.18. The fourth-order valence-corrected chi connectivity index (χ4v) is 5.15. The number of cyclic esters (lactones) is 1. The highest BCUT2D eigenvalue weighted by atomic mass is 32.2. The minimum atomic E-state index is -4.18. The fourth-order valence-electron chi connectivity index (χ4n) is 3.95. The Morgan fingerprint density at radius 3 is 2.06 bits per heavy atom. The average molecular weight is 464 g/mol. The number of ether oxygens (including phenoxy) is 1. The molecule has 7 heteroatoms. The third-order valence-corrected chi connectivity index (χ3v) is 7.18. The summed E-state index contributed by atoms with van der Waals surface area (Å²) in [5, 5.41) is 10.2. The van der Waals surface area contributed by atoms with E-state index in [0.717, 1.165) is 11.1 Å². The molecule has 1 N–H and O–H groups in total. The molecule has 1 aliphatic heterocycles. The van der Waals surface area contributed by atoms with Gasteiger partial charge in [-0.25, -0.2) is 13.2 Å². The summed E-state index contributed by atoms with van der Waals surface area (Å²) in [5.41, 5.74) is 1.21. The Bertz CT molecular complexity index is 1230. The first kappa shape index (κ1) is 22.8. The molecule has 0 saturated carbocycles. The van der Waals surface area contributed by atoms with Crippen LogP contribution in [0.1, 0.15) is 24.0 Å². The van der Waals surface area contributed by atoms with Gasteiger partial charge in [0.1, 0.15) is 11.4 Å². The van der Waals surface area contributed by atoms with Gasteiger partial charge in [-0.3, -0.25) is 5.21 Å². The van der Waals surface area contributed by atoms with Crippen molar-refractivity contribution in [1.82, 2.24) is 0 Å². The molecule has 1 aliphatic rings. The van der Waals surface area contributed by atoms with Crippen molar-refractivity contribution >= 4 is 21.7 Å². The van der Waals surface area contributed by atoms with Crippen LogP contribution in [0.15, 0.2) is 103 Å². The van der Waals surface area contributed by atoms with Gasteiger partial charge in [0.15, 0.2) is 0 Å². The number of hydrogen-bond acceptors (Lipinski definition) is 5. The molecule has 0 fully saturated rings. The highest BCUT2D eigenvalue weighted by molar-refractivity contribution is 7.92. The summed E-state index contributed by atoms with van der Waals surface area (Å²) in [6.45, 7) is 0. The molecule has 3 aromatic rings. The zero-order chi connectivity index (χ0) is 23.3. The van der Waals surface area contributed by atoms with E-state index in [4.69, 9.17) is 4.74 Å². The second-order valence-electron chi connectivity index (χ2n) is 8.00. The van der Waals surface area contributed by atoms with Crippen LogP contribution in [0.5, 0.6) is 0 Å². The molecule has 0 aliphatic carbocycles. The first-order chi connectivity index (χ1) is 15.9. The maximum absolute atomic E-state index is 13.0. The monoisotopic (exact) mass is 463 g/mol. The molecular formula is C26H25NO5S. The highest BCUT2D eigenvalue weighted by Gasteiger charge is 2.40. The summed E-state index contributed by atoms with van der Waals surface area (Å²) in [6, 6.07) is 27.3. The standard InChI is InChI=1S/C26H25NO5S/c28-25-22(20-33(30,31)27(29)24-14-8-3-9-15-24)17-19-26(32-25,23-12-6-2-7-13-23)18-16-21-10-4-1-5-11-21/h1-15,17,29H,16,18-20H2. The van der Waals surface area contributed by atoms with Crippen LogP contribution in [0.25, 0.3) is 0 Å². The first-order valence-electron chi connectivity index (χ1n) is 10.7. The van der Waals surface area contributed by atoms with Gasteiger partial charge >= 0.3 is 5.97 Å². The number of esters is 1. The van der Waals surface area contributed by atoms with E-state index in [1.807, 2.05) is 60.7 Å². The number of carbonyl (C=O) groups is 1. The molecule has 1 unspecified atom stereocenters. The van der Waals surface area contributed by atoms with Gasteiger partial charge in [0.2, 0.25) is 0 Å². The molecule has 6 nitrogen and oxygen atoms in total. The Kier molecular flexibility index (Phi) is 6.62. The van der Waals surface area contributed by atoms with Gasteiger partial charge in [0.25, 0.3) is 10.0 Å². The molecule has 0 bridgehead atoms. The molecule has 0 saturated heterocycles. The van der Waals surface area contributed by atoms with E-state index < -0.39 is 27.3 Å². The van der Waals surface area contributed by atoms with Gasteiger partial charge in [-0.2, -0.15) is 0 Å². The van der Waals surface area contributed by atoms with Crippen LogP contribution in [0.2, 0.25) is 0 Å². The zero-order valence-electron chi connectivity index (χ0n) is 18.0. The van der Waals surface area contributed by atoms with Crippen molar-refractivity contribution in [2.75, 3.05) is 10.2 Å². The molecule has 33 heavy (non-hydrogen) atoms. The average Bonchev–Trinajstić information content (AvgIpc) is 2.85. The third kappa shape index (κ3) is 5.16. The third-order valence-electron chi connectivity index (χ3n) is 5.77. The quantitative estimate of drug-likeness (QED) is 0.389. The lowest BCUT2D eigenvalue weighted by atomic mass is 9.82. The number of anilines is 1. The van der Waals surface area contributed by atoms with Crippen molar-refractivity contribution < 1.29 is 23.2 Å². The lowest BCUT2D eigenvalue weighted by molar-refractivity contribution is -0.159. The Labute approximate surface area is 193 Å². The van der Waals surface area contributed by atoms with Gasteiger partial charge < -0.3 is 4.74 Å². The summed E-state index contributed by atoms with van der Waals surface area (Å²) in [6.07, 6.45) is 3.22. The molecule has 1 heterocycles. The van der Waals surface area contributed by atoms with E-state index in [1.54, 1.807) is 24.3 Å². The topological polar surface area (TPSA) is 83.9 Å². The number of benzene rings is 3. The van der Waals surface area contributed by atoms with Crippen LogP contribution in [0, 0.1) is 0 Å². The number of rotatable bonds is 8. The number of para-hydroxylation sites is 1. The predicted molar refractivity (Wildman–Crippen MR) is 126 cm³/mol. The molecular weight excluding hydrogens is 438 g/mol. The van der Waals surface area contributed by atoms with Gasteiger partial charge in [0, 0.05) is 6.42 Å². The summed E-state index contributed by atoms with van der Waals surface area (Å²) < 4.78 is 31.6. The van der Waals surface area contributed by atoms with Crippen LogP contribution in [0.4, 0.5) is 5.69 Å².